The van der Waals surface area contributed by atoms with E-state index in [0.29, 0.717) is 6.42 Å². The van der Waals surface area contributed by atoms with Crippen LogP contribution in [0.15, 0.2) is 51.6 Å². The van der Waals surface area contributed by atoms with E-state index in [4.69, 9.17) is 0 Å². The first-order valence-corrected chi connectivity index (χ1v) is 11.0. The lowest BCUT2D eigenvalue weighted by atomic mass is 10.4. The lowest BCUT2D eigenvalue weighted by Crippen LogP contribution is -2.31. The predicted octanol–water partition coefficient (Wildman–Crippen LogP) is 2.29. The summed E-state index contributed by atoms with van der Waals surface area (Å²) in [6, 6.07) is 11.5. The van der Waals surface area contributed by atoms with Crippen LogP contribution >= 0.6 is 11.3 Å². The van der Waals surface area contributed by atoms with Crippen LogP contribution in [0.25, 0.3) is 0 Å². The van der Waals surface area contributed by atoms with Crippen molar-refractivity contribution >= 4 is 31.2 Å². The van der Waals surface area contributed by atoms with E-state index in [2.05, 4.69) is 0 Å². The van der Waals surface area contributed by atoms with Crippen LogP contribution in [0.5, 0.6) is 0 Å². The molecule has 2 heterocycles. The Balaban J connectivity index is 1.84. The van der Waals surface area contributed by atoms with Crippen molar-refractivity contribution in [1.29, 1.82) is 0 Å². The van der Waals surface area contributed by atoms with Crippen molar-refractivity contribution in [3.8, 4) is 0 Å². The first kappa shape index (κ1) is 16.6. The number of nitrogens with zero attached hydrogens (tertiary/aromatic N) is 1. The molecule has 1 atom stereocenters. The van der Waals surface area contributed by atoms with Gasteiger partial charge in [-0.05, 0) is 37.6 Å². The van der Waals surface area contributed by atoms with Gasteiger partial charge in [0, 0.05) is 18.0 Å². The van der Waals surface area contributed by atoms with Crippen LogP contribution in [0.4, 0.5) is 0 Å². The summed E-state index contributed by atoms with van der Waals surface area (Å²) in [5.41, 5.74) is 0. The Hall–Kier alpha value is -1.22. The quantitative estimate of drug-likeness (QED) is 0.827. The fourth-order valence-corrected chi connectivity index (χ4v) is 7.40. The molecule has 3 rings (SSSR count). The molecule has 1 aromatic carbocycles. The number of sulfone groups is 1. The summed E-state index contributed by atoms with van der Waals surface area (Å²) in [5, 5.41) is -0.694. The highest BCUT2D eigenvalue weighted by Gasteiger charge is 2.39. The standard InChI is InChI=1S/C15H17NO4S3/c1-12-7-8-15(21-12)23(19,20)16-10-9-14(11-16)22(17,18)13-5-3-2-4-6-13/h2-8,14H,9-11H2,1H3/t14-/m0/s1. The summed E-state index contributed by atoms with van der Waals surface area (Å²) in [6.45, 7) is 2.09. The van der Waals surface area contributed by atoms with Crippen LogP contribution in [0, 0.1) is 6.92 Å². The highest BCUT2D eigenvalue weighted by Crippen LogP contribution is 2.30. The third-order valence-corrected chi connectivity index (χ3v) is 9.45. The normalized spacial score (nSPS) is 20.0. The molecule has 5 nitrogen and oxygen atoms in total. The lowest BCUT2D eigenvalue weighted by molar-refractivity contribution is 0.478. The number of thiophene rings is 1. The molecular weight excluding hydrogens is 354 g/mol. The molecule has 1 aromatic heterocycles. The third kappa shape index (κ3) is 3.08. The Morgan fingerprint density at radius 2 is 1.74 bits per heavy atom. The highest BCUT2D eigenvalue weighted by molar-refractivity contribution is 7.92. The Kier molecular flexibility index (Phi) is 4.35. The second kappa shape index (κ2) is 6.01. The molecule has 1 fully saturated rings. The zero-order valence-corrected chi connectivity index (χ0v) is 15.0. The third-order valence-electron chi connectivity index (χ3n) is 3.93. The van der Waals surface area contributed by atoms with E-state index in [-0.39, 0.29) is 22.2 Å². The second-order valence-electron chi connectivity index (χ2n) is 5.50. The average Bonchev–Trinajstić information content (AvgIpc) is 3.18. The number of hydrogen-bond acceptors (Lipinski definition) is 5. The molecule has 1 aliphatic heterocycles. The molecule has 0 aliphatic carbocycles. The van der Waals surface area contributed by atoms with E-state index in [0.717, 1.165) is 4.88 Å². The van der Waals surface area contributed by atoms with E-state index >= 15 is 0 Å². The Morgan fingerprint density at radius 3 is 2.35 bits per heavy atom. The van der Waals surface area contributed by atoms with Crippen LogP contribution < -0.4 is 0 Å². The van der Waals surface area contributed by atoms with Gasteiger partial charge < -0.3 is 0 Å². The van der Waals surface area contributed by atoms with Crippen LogP contribution in [0.2, 0.25) is 0 Å². The van der Waals surface area contributed by atoms with Gasteiger partial charge in [0.1, 0.15) is 4.21 Å². The van der Waals surface area contributed by atoms with Crippen molar-refractivity contribution in [1.82, 2.24) is 4.31 Å². The maximum atomic E-state index is 12.6. The first-order valence-electron chi connectivity index (χ1n) is 7.17. The zero-order chi connectivity index (χ0) is 16.7. The van der Waals surface area contributed by atoms with Crippen molar-refractivity contribution in [3.63, 3.8) is 0 Å². The first-order chi connectivity index (χ1) is 10.8. The number of hydrogen-bond donors (Lipinski definition) is 0. The van der Waals surface area contributed by atoms with Gasteiger partial charge in [0.25, 0.3) is 10.0 Å². The predicted molar refractivity (Wildman–Crippen MR) is 89.8 cm³/mol. The van der Waals surface area contributed by atoms with Crippen LogP contribution in [0.1, 0.15) is 11.3 Å². The molecule has 1 aliphatic rings. The summed E-state index contributed by atoms with van der Waals surface area (Å²) < 4.78 is 52.0. The lowest BCUT2D eigenvalue weighted by Gasteiger charge is -2.15. The molecule has 0 spiro atoms. The van der Waals surface area contributed by atoms with Gasteiger partial charge in [-0.1, -0.05) is 18.2 Å². The Bertz CT molecular complexity index is 901. The van der Waals surface area contributed by atoms with Gasteiger partial charge in [0.15, 0.2) is 9.84 Å². The minimum atomic E-state index is -3.61. The van der Waals surface area contributed by atoms with Crippen molar-refractivity contribution in [2.75, 3.05) is 13.1 Å². The van der Waals surface area contributed by atoms with Crippen LogP contribution in [-0.4, -0.2) is 39.5 Å². The van der Waals surface area contributed by atoms with Crippen LogP contribution in [-0.2, 0) is 19.9 Å². The van der Waals surface area contributed by atoms with Gasteiger partial charge in [-0.25, -0.2) is 16.8 Å². The molecule has 0 amide bonds. The van der Waals surface area contributed by atoms with Crippen molar-refractivity contribution in [2.24, 2.45) is 0 Å². The molecule has 0 unspecified atom stereocenters. The minimum Gasteiger partial charge on any atom is -0.223 e. The number of aryl methyl sites for hydroxylation is 1. The maximum absolute atomic E-state index is 12.6. The van der Waals surface area contributed by atoms with E-state index in [9.17, 15) is 16.8 Å². The molecule has 23 heavy (non-hydrogen) atoms. The molecule has 0 saturated carbocycles. The molecule has 0 radical (unpaired) electrons. The van der Waals surface area contributed by atoms with Gasteiger partial charge in [-0.3, -0.25) is 0 Å². The molecular formula is C15H17NO4S3. The van der Waals surface area contributed by atoms with Gasteiger partial charge in [0.05, 0.1) is 10.1 Å². The molecule has 124 valence electrons. The van der Waals surface area contributed by atoms with Gasteiger partial charge in [-0.2, -0.15) is 4.31 Å². The molecule has 0 N–H and O–H groups in total. The fraction of sp³-hybridized carbons (Fsp3) is 0.333. The summed E-state index contributed by atoms with van der Waals surface area (Å²) >= 11 is 1.21. The van der Waals surface area contributed by atoms with E-state index in [1.165, 1.54) is 15.6 Å². The van der Waals surface area contributed by atoms with Crippen LogP contribution in [0.3, 0.4) is 0 Å². The Labute approximate surface area is 140 Å². The number of benzene rings is 1. The summed E-state index contributed by atoms with van der Waals surface area (Å²) in [7, 11) is -7.12. The van der Waals surface area contributed by atoms with E-state index in [1.54, 1.807) is 42.5 Å². The highest BCUT2D eigenvalue weighted by atomic mass is 32.2. The SMILES string of the molecule is Cc1ccc(S(=O)(=O)N2CC[C@H](S(=O)(=O)c3ccccc3)C2)s1. The van der Waals surface area contributed by atoms with Gasteiger partial charge in [0.2, 0.25) is 0 Å². The van der Waals surface area contributed by atoms with Gasteiger partial charge >= 0.3 is 0 Å². The average molecular weight is 372 g/mol. The van der Waals surface area contributed by atoms with E-state index in [1.807, 2.05) is 6.92 Å². The smallest absolute Gasteiger partial charge is 0.223 e. The number of sulfonamides is 1. The maximum Gasteiger partial charge on any atom is 0.252 e. The zero-order valence-electron chi connectivity index (χ0n) is 12.5. The fourth-order valence-electron chi connectivity index (χ4n) is 2.65. The monoisotopic (exact) mass is 371 g/mol. The van der Waals surface area contributed by atoms with Crippen molar-refractivity contribution in [3.05, 3.63) is 47.3 Å². The summed E-state index contributed by atoms with van der Waals surface area (Å²) in [4.78, 5) is 1.16. The molecule has 0 bridgehead atoms. The van der Waals surface area contributed by atoms with Crippen molar-refractivity contribution < 1.29 is 16.8 Å². The van der Waals surface area contributed by atoms with E-state index < -0.39 is 25.1 Å². The summed E-state index contributed by atoms with van der Waals surface area (Å²) in [6.07, 6.45) is 0.320. The molecule has 2 aromatic rings. The largest absolute Gasteiger partial charge is 0.252 e. The topological polar surface area (TPSA) is 71.5 Å². The molecule has 8 heteroatoms. The summed E-state index contributed by atoms with van der Waals surface area (Å²) in [5.74, 6) is 0. The number of rotatable bonds is 4. The minimum absolute atomic E-state index is 0.0104. The Morgan fingerprint density at radius 1 is 1.04 bits per heavy atom. The van der Waals surface area contributed by atoms with Crippen molar-refractivity contribution in [2.45, 2.75) is 27.7 Å². The van der Waals surface area contributed by atoms with Gasteiger partial charge in [-0.15, -0.1) is 11.3 Å². The second-order valence-corrected chi connectivity index (χ2v) is 11.2. The molecule has 1 saturated heterocycles.